The molecule has 0 amide bonds. The maximum atomic E-state index is 6.80. The number of aromatic nitrogens is 3. The van der Waals surface area contributed by atoms with Gasteiger partial charge in [-0.2, -0.15) is 0 Å². The minimum absolute atomic E-state index is 0.0361. The predicted molar refractivity (Wildman–Crippen MR) is 170 cm³/mol. The summed E-state index contributed by atoms with van der Waals surface area (Å²) in [5.74, 6) is 3.82. The van der Waals surface area contributed by atoms with E-state index in [1.165, 1.54) is 68.3 Å². The lowest BCUT2D eigenvalue weighted by atomic mass is 9.31. The van der Waals surface area contributed by atoms with E-state index in [-0.39, 0.29) is 10.8 Å². The standard InChI is InChI=1S/C38H55N3O2/c1-33(2)17-19-38-20-18-36(6)26(30(38)32(33)43-23-38)13-14-29-35(5)21-27-31(34(3,4)28(35)15-16-37(29,36)7)41(40-39-27)22-24-9-11-25(42-8)12-10-24/h9-12,26,28-30,32H,13-23H2,1-8H3/t26-,28+,29-,30+,32-,35+,36-,37-,38-/m1/s1. The molecule has 5 fully saturated rings. The summed E-state index contributed by atoms with van der Waals surface area (Å²) in [6.45, 7) is 20.0. The lowest BCUT2D eigenvalue weighted by molar-refractivity contribution is -0.233. The van der Waals surface area contributed by atoms with E-state index in [4.69, 9.17) is 19.8 Å². The number of rotatable bonds is 3. The number of methoxy groups -OCH3 is 1. The third-order valence-electron chi connectivity index (χ3n) is 15.7. The smallest absolute Gasteiger partial charge is 0.118 e. The fourth-order valence-corrected chi connectivity index (χ4v) is 13.5. The van der Waals surface area contributed by atoms with Crippen LogP contribution in [0.2, 0.25) is 0 Å². The highest BCUT2D eigenvalue weighted by molar-refractivity contribution is 5.34. The second kappa shape index (κ2) is 8.89. The molecule has 2 heterocycles. The molecule has 8 rings (SSSR count). The summed E-state index contributed by atoms with van der Waals surface area (Å²) in [6, 6.07) is 8.44. The number of nitrogens with zero attached hydrogens (tertiary/aromatic N) is 3. The SMILES string of the molecule is COc1ccc(Cn2nnc3c2C(C)(C)[C@@H]2CC[C@]4(C)[C@H](CC[C@@H]5[C@H]6[C@H]7OC[C@@]6(CCC7(C)C)CC[C@]54C)[C@@]2(C)C3)cc1. The molecule has 5 heteroatoms. The number of hydrogen-bond acceptors (Lipinski definition) is 4. The van der Waals surface area contributed by atoms with Gasteiger partial charge >= 0.3 is 0 Å². The first-order valence-electron chi connectivity index (χ1n) is 17.5. The van der Waals surface area contributed by atoms with E-state index in [2.05, 4.69) is 77.4 Å². The molecule has 2 bridgehead atoms. The monoisotopic (exact) mass is 585 g/mol. The number of hydrogen-bond donors (Lipinski definition) is 0. The van der Waals surface area contributed by atoms with Crippen molar-refractivity contribution in [1.82, 2.24) is 15.0 Å². The molecule has 2 aromatic rings. The second-order valence-electron chi connectivity index (χ2n) is 18.1. The van der Waals surface area contributed by atoms with Crippen LogP contribution in [-0.2, 0) is 23.1 Å². The van der Waals surface area contributed by atoms with Gasteiger partial charge in [0.2, 0.25) is 0 Å². The average Bonchev–Trinajstić information content (AvgIpc) is 3.51. The van der Waals surface area contributed by atoms with Crippen LogP contribution in [0, 0.1) is 50.7 Å². The molecular formula is C38H55N3O2. The van der Waals surface area contributed by atoms with Crippen molar-refractivity contribution in [2.75, 3.05) is 13.7 Å². The summed E-state index contributed by atoms with van der Waals surface area (Å²) in [5, 5.41) is 9.77. The van der Waals surface area contributed by atoms with Crippen molar-refractivity contribution < 1.29 is 9.47 Å². The molecule has 0 spiro atoms. The van der Waals surface area contributed by atoms with E-state index >= 15 is 0 Å². The Bertz CT molecular complexity index is 1430. The molecule has 1 saturated heterocycles. The summed E-state index contributed by atoms with van der Waals surface area (Å²) in [4.78, 5) is 0. The summed E-state index contributed by atoms with van der Waals surface area (Å²) >= 11 is 0. The first-order valence-corrected chi connectivity index (χ1v) is 17.5. The third kappa shape index (κ3) is 3.55. The van der Waals surface area contributed by atoms with E-state index < -0.39 is 0 Å². The van der Waals surface area contributed by atoms with Crippen molar-refractivity contribution in [3.63, 3.8) is 0 Å². The second-order valence-corrected chi connectivity index (χ2v) is 18.1. The Hall–Kier alpha value is -1.88. The van der Waals surface area contributed by atoms with E-state index in [1.54, 1.807) is 7.11 Å². The van der Waals surface area contributed by atoms with Crippen LogP contribution in [0.4, 0.5) is 0 Å². The highest BCUT2D eigenvalue weighted by Gasteiger charge is 2.73. The Morgan fingerprint density at radius 1 is 0.860 bits per heavy atom. The lowest BCUT2D eigenvalue weighted by Crippen LogP contribution is -2.67. The number of ether oxygens (including phenoxy) is 2. The fraction of sp³-hybridized carbons (Fsp3) is 0.789. The largest absolute Gasteiger partial charge is 0.497 e. The molecule has 1 aromatic carbocycles. The van der Waals surface area contributed by atoms with Crippen LogP contribution >= 0.6 is 0 Å². The minimum atomic E-state index is 0.0361. The summed E-state index contributed by atoms with van der Waals surface area (Å²) in [6.07, 6.45) is 12.5. The van der Waals surface area contributed by atoms with Gasteiger partial charge in [0, 0.05) is 5.41 Å². The van der Waals surface area contributed by atoms with Crippen molar-refractivity contribution in [3.8, 4) is 5.75 Å². The van der Waals surface area contributed by atoms with Gasteiger partial charge in [0.15, 0.2) is 0 Å². The molecule has 1 aliphatic heterocycles. The molecule has 4 saturated carbocycles. The normalized spacial score (nSPS) is 45.3. The molecule has 0 radical (unpaired) electrons. The van der Waals surface area contributed by atoms with Crippen LogP contribution in [-0.4, -0.2) is 34.8 Å². The van der Waals surface area contributed by atoms with Crippen LogP contribution in [0.15, 0.2) is 24.3 Å². The van der Waals surface area contributed by atoms with Gasteiger partial charge in [0.25, 0.3) is 0 Å². The van der Waals surface area contributed by atoms with Crippen LogP contribution in [0.1, 0.15) is 117 Å². The van der Waals surface area contributed by atoms with Gasteiger partial charge in [-0.25, -0.2) is 4.68 Å². The molecule has 234 valence electrons. The van der Waals surface area contributed by atoms with Gasteiger partial charge in [-0.15, -0.1) is 5.10 Å². The van der Waals surface area contributed by atoms with Crippen molar-refractivity contribution in [2.45, 2.75) is 124 Å². The van der Waals surface area contributed by atoms with E-state index in [9.17, 15) is 0 Å². The number of fused-ring (bicyclic) bond motifs is 6. The highest BCUT2D eigenvalue weighted by atomic mass is 16.5. The fourth-order valence-electron chi connectivity index (χ4n) is 13.5. The molecule has 5 aliphatic carbocycles. The minimum Gasteiger partial charge on any atom is -0.497 e. The first kappa shape index (κ1) is 28.6. The Kier molecular flexibility index (Phi) is 5.91. The molecular weight excluding hydrogens is 530 g/mol. The van der Waals surface area contributed by atoms with E-state index in [0.717, 1.165) is 43.1 Å². The zero-order valence-electron chi connectivity index (χ0n) is 28.1. The third-order valence-corrected chi connectivity index (χ3v) is 15.7. The van der Waals surface area contributed by atoms with Crippen LogP contribution in [0.3, 0.4) is 0 Å². The first-order chi connectivity index (χ1) is 20.3. The van der Waals surface area contributed by atoms with Gasteiger partial charge in [-0.05, 0) is 126 Å². The zero-order valence-corrected chi connectivity index (χ0v) is 28.1. The van der Waals surface area contributed by atoms with Gasteiger partial charge in [-0.1, -0.05) is 65.8 Å². The summed E-state index contributed by atoms with van der Waals surface area (Å²) < 4.78 is 14.4. The molecule has 1 aromatic heterocycles. The summed E-state index contributed by atoms with van der Waals surface area (Å²) in [5.41, 5.74) is 5.68. The predicted octanol–water partition coefficient (Wildman–Crippen LogP) is 8.24. The molecule has 0 unspecified atom stereocenters. The molecule has 43 heavy (non-hydrogen) atoms. The van der Waals surface area contributed by atoms with Crippen molar-refractivity contribution >= 4 is 0 Å². The highest BCUT2D eigenvalue weighted by Crippen LogP contribution is 2.77. The average molecular weight is 586 g/mol. The zero-order chi connectivity index (χ0) is 30.2. The Labute approximate surface area is 259 Å². The lowest BCUT2D eigenvalue weighted by Gasteiger charge is -2.72. The van der Waals surface area contributed by atoms with Crippen molar-refractivity contribution in [1.29, 1.82) is 0 Å². The maximum absolute atomic E-state index is 6.80. The maximum Gasteiger partial charge on any atom is 0.118 e. The van der Waals surface area contributed by atoms with Crippen LogP contribution < -0.4 is 4.74 Å². The number of benzene rings is 1. The summed E-state index contributed by atoms with van der Waals surface area (Å²) in [7, 11) is 1.73. The molecule has 9 atom stereocenters. The van der Waals surface area contributed by atoms with Crippen LogP contribution in [0.5, 0.6) is 5.75 Å². The van der Waals surface area contributed by atoms with Gasteiger partial charge in [0.1, 0.15) is 5.75 Å². The quantitative estimate of drug-likeness (QED) is 0.364. The molecule has 6 aliphatic rings. The molecule has 0 N–H and O–H groups in total. The molecule has 5 nitrogen and oxygen atoms in total. The van der Waals surface area contributed by atoms with Crippen LogP contribution in [0.25, 0.3) is 0 Å². The van der Waals surface area contributed by atoms with Crippen molar-refractivity contribution in [3.05, 3.63) is 41.2 Å². The van der Waals surface area contributed by atoms with E-state index in [0.29, 0.717) is 33.7 Å². The van der Waals surface area contributed by atoms with E-state index in [1.807, 2.05) is 0 Å². The topological polar surface area (TPSA) is 49.2 Å². The Balaban J connectivity index is 1.14. The Morgan fingerprint density at radius 2 is 1.60 bits per heavy atom. The Morgan fingerprint density at radius 3 is 2.35 bits per heavy atom. The van der Waals surface area contributed by atoms with Crippen molar-refractivity contribution in [2.24, 2.45) is 50.7 Å². The van der Waals surface area contributed by atoms with Gasteiger partial charge in [0.05, 0.1) is 37.8 Å². The van der Waals surface area contributed by atoms with Gasteiger partial charge in [-0.3, -0.25) is 0 Å². The van der Waals surface area contributed by atoms with Gasteiger partial charge < -0.3 is 9.47 Å².